The first kappa shape index (κ1) is 23.0. The Morgan fingerprint density at radius 1 is 0.966 bits per heavy atom. The van der Waals surface area contributed by atoms with Gasteiger partial charge in [0.05, 0.1) is 13.7 Å². The summed E-state index contributed by atoms with van der Waals surface area (Å²) in [6.07, 6.45) is 0.394. The zero-order valence-corrected chi connectivity index (χ0v) is 18.0. The highest BCUT2D eigenvalue weighted by molar-refractivity contribution is 5.43. The molecule has 0 bridgehead atoms. The number of hydrogen-bond acceptors (Lipinski definition) is 6. The Morgan fingerprint density at radius 2 is 1.72 bits per heavy atom. The van der Waals surface area contributed by atoms with E-state index in [1.165, 1.54) is 0 Å². The van der Waals surface area contributed by atoms with Crippen LogP contribution in [0.1, 0.15) is 12.0 Å². The molecule has 0 heterocycles. The van der Waals surface area contributed by atoms with Gasteiger partial charge in [0.25, 0.3) is 0 Å². The van der Waals surface area contributed by atoms with Gasteiger partial charge >= 0.3 is 0 Å². The van der Waals surface area contributed by atoms with Gasteiger partial charge in [-0.3, -0.25) is 4.90 Å². The van der Waals surface area contributed by atoms with Gasteiger partial charge in [-0.05, 0) is 57.4 Å². The smallest absolute Gasteiger partial charge is 0.161 e. The summed E-state index contributed by atoms with van der Waals surface area (Å²) in [4.78, 5) is 4.20. The minimum absolute atomic E-state index is 0.261. The van der Waals surface area contributed by atoms with Crippen LogP contribution in [0.15, 0.2) is 48.5 Å². The molecule has 0 spiro atoms. The molecule has 0 amide bonds. The summed E-state index contributed by atoms with van der Waals surface area (Å²) in [7, 11) is 7.73. The number of likely N-dealkylation sites (N-methyl/N-ethyl adjacent to an activating group) is 1. The standard InChI is InChI=1S/C23H34N2O4/c1-24(2)13-8-14-28-22-12-11-19(15-23(22)27-4)16-25(3)17-20(26)18-29-21-9-6-5-7-10-21/h5-7,9-12,15,20,26H,8,13-14,16-18H2,1-4H3/t20-/m0/s1. The van der Waals surface area contributed by atoms with Gasteiger partial charge in [-0.1, -0.05) is 24.3 Å². The summed E-state index contributed by atoms with van der Waals surface area (Å²) < 4.78 is 17.0. The Bertz CT molecular complexity index is 709. The Kier molecular flexibility index (Phi) is 9.77. The van der Waals surface area contributed by atoms with Crippen molar-refractivity contribution >= 4 is 0 Å². The summed E-state index contributed by atoms with van der Waals surface area (Å²) in [5.41, 5.74) is 1.10. The number of nitrogens with zero attached hydrogens (tertiary/aromatic N) is 2. The topological polar surface area (TPSA) is 54.4 Å². The number of hydrogen-bond donors (Lipinski definition) is 1. The van der Waals surface area contributed by atoms with Crippen molar-refractivity contribution in [2.45, 2.75) is 19.1 Å². The molecule has 1 N–H and O–H groups in total. The molecule has 0 saturated carbocycles. The lowest BCUT2D eigenvalue weighted by Gasteiger charge is -2.21. The second kappa shape index (κ2) is 12.3. The van der Waals surface area contributed by atoms with Crippen LogP contribution in [0.5, 0.6) is 17.2 Å². The fourth-order valence-electron chi connectivity index (χ4n) is 2.99. The second-order valence-corrected chi connectivity index (χ2v) is 7.47. The summed E-state index contributed by atoms with van der Waals surface area (Å²) in [6.45, 7) is 3.11. The first-order valence-electron chi connectivity index (χ1n) is 9.97. The fraction of sp³-hybridized carbons (Fsp3) is 0.478. The van der Waals surface area contributed by atoms with Gasteiger partial charge in [0, 0.05) is 19.6 Å². The molecular formula is C23H34N2O4. The molecule has 6 nitrogen and oxygen atoms in total. The van der Waals surface area contributed by atoms with Crippen LogP contribution in [0.3, 0.4) is 0 Å². The molecule has 1 atom stereocenters. The Balaban J connectivity index is 1.80. The zero-order valence-electron chi connectivity index (χ0n) is 18.0. The van der Waals surface area contributed by atoms with E-state index in [-0.39, 0.29) is 6.61 Å². The van der Waals surface area contributed by atoms with Gasteiger partial charge in [-0.2, -0.15) is 0 Å². The van der Waals surface area contributed by atoms with Crippen molar-refractivity contribution in [2.75, 3.05) is 54.6 Å². The highest BCUT2D eigenvalue weighted by Gasteiger charge is 2.12. The lowest BCUT2D eigenvalue weighted by Crippen LogP contribution is -2.32. The molecular weight excluding hydrogens is 368 g/mol. The lowest BCUT2D eigenvalue weighted by atomic mass is 10.2. The van der Waals surface area contributed by atoms with Gasteiger partial charge in [0.15, 0.2) is 11.5 Å². The van der Waals surface area contributed by atoms with Crippen molar-refractivity contribution < 1.29 is 19.3 Å². The number of ether oxygens (including phenoxy) is 3. The lowest BCUT2D eigenvalue weighted by molar-refractivity contribution is 0.0744. The summed E-state index contributed by atoms with van der Waals surface area (Å²) >= 11 is 0. The van der Waals surface area contributed by atoms with Crippen molar-refractivity contribution in [3.8, 4) is 17.2 Å². The number of methoxy groups -OCH3 is 1. The Morgan fingerprint density at radius 3 is 2.41 bits per heavy atom. The molecule has 0 aliphatic carbocycles. The highest BCUT2D eigenvalue weighted by Crippen LogP contribution is 2.28. The molecule has 29 heavy (non-hydrogen) atoms. The average molecular weight is 403 g/mol. The third-order valence-corrected chi connectivity index (χ3v) is 4.40. The third-order valence-electron chi connectivity index (χ3n) is 4.40. The highest BCUT2D eigenvalue weighted by atomic mass is 16.5. The van der Waals surface area contributed by atoms with Gasteiger partial charge in [-0.25, -0.2) is 0 Å². The van der Waals surface area contributed by atoms with Crippen molar-refractivity contribution in [3.63, 3.8) is 0 Å². The van der Waals surface area contributed by atoms with E-state index in [2.05, 4.69) is 23.9 Å². The Hall–Kier alpha value is -2.28. The number of rotatable bonds is 13. The monoisotopic (exact) mass is 402 g/mol. The molecule has 160 valence electrons. The van der Waals surface area contributed by atoms with Gasteiger partial charge < -0.3 is 24.2 Å². The molecule has 0 aliphatic rings. The molecule has 2 aromatic rings. The van der Waals surface area contributed by atoms with E-state index < -0.39 is 6.10 Å². The maximum atomic E-state index is 10.2. The molecule has 0 unspecified atom stereocenters. The minimum Gasteiger partial charge on any atom is -0.493 e. The van der Waals surface area contributed by atoms with E-state index in [1.54, 1.807) is 7.11 Å². The molecule has 0 saturated heterocycles. The molecule has 2 aromatic carbocycles. The van der Waals surface area contributed by atoms with Crippen LogP contribution in [0.4, 0.5) is 0 Å². The van der Waals surface area contributed by atoms with Gasteiger partial charge in [-0.15, -0.1) is 0 Å². The molecule has 0 aliphatic heterocycles. The van der Waals surface area contributed by atoms with Crippen LogP contribution in [0.25, 0.3) is 0 Å². The van der Waals surface area contributed by atoms with Crippen molar-refractivity contribution in [1.82, 2.24) is 9.80 Å². The fourth-order valence-corrected chi connectivity index (χ4v) is 2.99. The van der Waals surface area contributed by atoms with E-state index in [0.29, 0.717) is 19.7 Å². The van der Waals surface area contributed by atoms with Crippen LogP contribution in [0.2, 0.25) is 0 Å². The van der Waals surface area contributed by atoms with Crippen LogP contribution in [0, 0.1) is 0 Å². The van der Waals surface area contributed by atoms with Crippen LogP contribution < -0.4 is 14.2 Å². The molecule has 0 fully saturated rings. The second-order valence-electron chi connectivity index (χ2n) is 7.47. The van der Waals surface area contributed by atoms with Crippen molar-refractivity contribution in [2.24, 2.45) is 0 Å². The average Bonchev–Trinajstić information content (AvgIpc) is 2.71. The minimum atomic E-state index is -0.568. The predicted molar refractivity (Wildman–Crippen MR) is 116 cm³/mol. The van der Waals surface area contributed by atoms with E-state index in [4.69, 9.17) is 14.2 Å². The zero-order chi connectivity index (χ0) is 21.1. The maximum absolute atomic E-state index is 10.2. The van der Waals surface area contributed by atoms with Crippen LogP contribution >= 0.6 is 0 Å². The molecule has 6 heteroatoms. The maximum Gasteiger partial charge on any atom is 0.161 e. The molecule has 2 rings (SSSR count). The number of aliphatic hydroxyl groups excluding tert-OH is 1. The van der Waals surface area contributed by atoms with E-state index in [0.717, 1.165) is 35.8 Å². The summed E-state index contributed by atoms with van der Waals surface area (Å²) in [5, 5.41) is 10.2. The quantitative estimate of drug-likeness (QED) is 0.520. The van der Waals surface area contributed by atoms with E-state index >= 15 is 0 Å². The predicted octanol–water partition coefficient (Wildman–Crippen LogP) is 2.90. The number of para-hydroxylation sites is 1. The Labute approximate surface area is 174 Å². The summed E-state index contributed by atoms with van der Waals surface area (Å²) in [5.74, 6) is 2.25. The van der Waals surface area contributed by atoms with Crippen molar-refractivity contribution in [1.29, 1.82) is 0 Å². The van der Waals surface area contributed by atoms with Crippen LogP contribution in [-0.2, 0) is 6.54 Å². The van der Waals surface area contributed by atoms with Gasteiger partial charge in [0.2, 0.25) is 0 Å². The molecule has 0 aromatic heterocycles. The van der Waals surface area contributed by atoms with Gasteiger partial charge in [0.1, 0.15) is 18.5 Å². The van der Waals surface area contributed by atoms with Crippen LogP contribution in [-0.4, -0.2) is 75.6 Å². The largest absolute Gasteiger partial charge is 0.493 e. The first-order chi connectivity index (χ1) is 14.0. The summed E-state index contributed by atoms with van der Waals surface area (Å²) in [6, 6.07) is 15.5. The molecule has 0 radical (unpaired) electrons. The third kappa shape index (κ3) is 8.73. The SMILES string of the molecule is COc1cc(CN(C)C[C@H](O)COc2ccccc2)ccc1OCCCN(C)C. The van der Waals surface area contributed by atoms with E-state index in [1.807, 2.05) is 55.6 Å². The normalized spacial score (nSPS) is 12.2. The van der Waals surface area contributed by atoms with E-state index in [9.17, 15) is 5.11 Å². The number of benzene rings is 2. The van der Waals surface area contributed by atoms with Crippen molar-refractivity contribution in [3.05, 3.63) is 54.1 Å². The number of aliphatic hydroxyl groups is 1. The first-order valence-corrected chi connectivity index (χ1v) is 9.97.